The van der Waals surface area contributed by atoms with Crippen LogP contribution < -0.4 is 4.90 Å². The molecule has 0 aliphatic carbocycles. The zero-order valence-corrected chi connectivity index (χ0v) is 12.1. The molecule has 0 spiro atoms. The van der Waals surface area contributed by atoms with Crippen molar-refractivity contribution in [2.45, 2.75) is 25.4 Å². The average molecular weight is 290 g/mol. The van der Waals surface area contributed by atoms with E-state index in [9.17, 15) is 15.0 Å². The van der Waals surface area contributed by atoms with Crippen LogP contribution >= 0.6 is 0 Å². The van der Waals surface area contributed by atoms with Crippen LogP contribution in [0.1, 0.15) is 30.1 Å². The standard InChI is InChI=1S/C14H18N4O3/c1-14(21)4-3-5-18(8-14)11-9-7-16-17(2)12(9)15-6-10(11)13(19)20/h6-7,21H,3-5,8H2,1-2H3,(H,19,20). The van der Waals surface area contributed by atoms with Gasteiger partial charge >= 0.3 is 5.97 Å². The number of carboxylic acid groups (broad SMARTS) is 1. The van der Waals surface area contributed by atoms with Gasteiger partial charge in [0.15, 0.2) is 5.65 Å². The van der Waals surface area contributed by atoms with E-state index < -0.39 is 11.6 Å². The first-order chi connectivity index (χ1) is 9.89. The molecule has 1 fully saturated rings. The van der Waals surface area contributed by atoms with E-state index in [0.717, 1.165) is 6.42 Å². The van der Waals surface area contributed by atoms with Gasteiger partial charge in [0.1, 0.15) is 5.56 Å². The SMILES string of the molecule is Cn1ncc2c(N3CCCC(C)(O)C3)c(C(=O)O)cnc21. The van der Waals surface area contributed by atoms with Crippen molar-refractivity contribution in [2.75, 3.05) is 18.0 Å². The highest BCUT2D eigenvalue weighted by Crippen LogP contribution is 2.33. The Morgan fingerprint density at radius 1 is 1.43 bits per heavy atom. The van der Waals surface area contributed by atoms with E-state index in [1.165, 1.54) is 6.20 Å². The quantitative estimate of drug-likeness (QED) is 0.858. The fourth-order valence-electron chi connectivity index (χ4n) is 2.99. The lowest BCUT2D eigenvalue weighted by atomic mass is 9.94. The molecule has 0 radical (unpaired) electrons. The Morgan fingerprint density at radius 3 is 2.86 bits per heavy atom. The number of piperidine rings is 1. The largest absolute Gasteiger partial charge is 0.478 e. The van der Waals surface area contributed by atoms with E-state index in [1.54, 1.807) is 24.9 Å². The summed E-state index contributed by atoms with van der Waals surface area (Å²) in [6.45, 7) is 2.90. The van der Waals surface area contributed by atoms with Gasteiger partial charge in [-0.15, -0.1) is 0 Å². The number of carbonyl (C=O) groups is 1. The maximum Gasteiger partial charge on any atom is 0.339 e. The number of hydrogen-bond acceptors (Lipinski definition) is 5. The number of fused-ring (bicyclic) bond motifs is 1. The second kappa shape index (κ2) is 4.70. The molecule has 1 unspecified atom stereocenters. The maximum atomic E-state index is 11.5. The Hall–Kier alpha value is -2.15. The van der Waals surface area contributed by atoms with E-state index in [1.807, 2.05) is 4.90 Å². The normalized spacial score (nSPS) is 22.7. The highest BCUT2D eigenvalue weighted by Gasteiger charge is 2.31. The Labute approximate surface area is 121 Å². The predicted molar refractivity (Wildman–Crippen MR) is 77.5 cm³/mol. The van der Waals surface area contributed by atoms with Gasteiger partial charge in [0.2, 0.25) is 0 Å². The Morgan fingerprint density at radius 2 is 2.19 bits per heavy atom. The predicted octanol–water partition coefficient (Wildman–Crippen LogP) is 1.02. The molecule has 1 saturated heterocycles. The van der Waals surface area contributed by atoms with Gasteiger partial charge in [-0.1, -0.05) is 0 Å². The molecule has 3 heterocycles. The van der Waals surface area contributed by atoms with Crippen LogP contribution in [-0.4, -0.2) is 49.6 Å². The highest BCUT2D eigenvalue weighted by atomic mass is 16.4. The number of rotatable bonds is 2. The van der Waals surface area contributed by atoms with Gasteiger partial charge in [-0.25, -0.2) is 9.78 Å². The van der Waals surface area contributed by atoms with Gasteiger partial charge in [0, 0.05) is 26.3 Å². The summed E-state index contributed by atoms with van der Waals surface area (Å²) in [5.41, 5.74) is 0.570. The first-order valence-corrected chi connectivity index (χ1v) is 6.90. The van der Waals surface area contributed by atoms with Crippen molar-refractivity contribution in [3.05, 3.63) is 18.0 Å². The first-order valence-electron chi connectivity index (χ1n) is 6.90. The molecule has 1 aliphatic rings. The smallest absolute Gasteiger partial charge is 0.339 e. The van der Waals surface area contributed by atoms with Gasteiger partial charge in [-0.2, -0.15) is 5.10 Å². The van der Waals surface area contributed by atoms with Gasteiger partial charge in [0.25, 0.3) is 0 Å². The molecular formula is C14H18N4O3. The summed E-state index contributed by atoms with van der Waals surface area (Å²) in [5, 5.41) is 24.6. The number of aryl methyl sites for hydroxylation is 1. The lowest BCUT2D eigenvalue weighted by Gasteiger charge is -2.38. The summed E-state index contributed by atoms with van der Waals surface area (Å²) >= 11 is 0. The molecule has 21 heavy (non-hydrogen) atoms. The fourth-order valence-corrected chi connectivity index (χ4v) is 2.99. The van der Waals surface area contributed by atoms with Gasteiger partial charge in [-0.05, 0) is 19.8 Å². The number of carboxylic acids is 1. The molecule has 1 atom stereocenters. The summed E-state index contributed by atoms with van der Waals surface area (Å²) in [7, 11) is 1.77. The number of hydrogen-bond donors (Lipinski definition) is 2. The Balaban J connectivity index is 2.18. The van der Waals surface area contributed by atoms with Crippen molar-refractivity contribution in [3.63, 3.8) is 0 Å². The van der Waals surface area contributed by atoms with Crippen molar-refractivity contribution in [1.82, 2.24) is 14.8 Å². The summed E-state index contributed by atoms with van der Waals surface area (Å²) in [5.74, 6) is -1.02. The van der Waals surface area contributed by atoms with Crippen molar-refractivity contribution < 1.29 is 15.0 Å². The number of aromatic nitrogens is 3. The molecule has 0 aromatic carbocycles. The number of β-amino-alcohol motifs (C(OH)–C–C–N with tert-alkyl or cyclic N) is 1. The van der Waals surface area contributed by atoms with Gasteiger partial charge < -0.3 is 15.1 Å². The minimum Gasteiger partial charge on any atom is -0.478 e. The zero-order chi connectivity index (χ0) is 15.2. The number of aliphatic hydroxyl groups is 1. The first kappa shape index (κ1) is 13.8. The Kier molecular flexibility index (Phi) is 3.09. The molecule has 7 nitrogen and oxygen atoms in total. The van der Waals surface area contributed by atoms with Crippen LogP contribution in [0.4, 0.5) is 5.69 Å². The van der Waals surface area contributed by atoms with E-state index in [4.69, 9.17) is 0 Å². The number of anilines is 1. The third-order valence-electron chi connectivity index (χ3n) is 3.96. The van der Waals surface area contributed by atoms with Crippen LogP contribution in [0.25, 0.3) is 11.0 Å². The van der Waals surface area contributed by atoms with Gasteiger partial charge in [-0.3, -0.25) is 4.68 Å². The van der Waals surface area contributed by atoms with Crippen LogP contribution in [-0.2, 0) is 7.05 Å². The van der Waals surface area contributed by atoms with Crippen molar-refractivity contribution in [2.24, 2.45) is 7.05 Å². The van der Waals surface area contributed by atoms with Crippen LogP contribution in [0.3, 0.4) is 0 Å². The van der Waals surface area contributed by atoms with Crippen LogP contribution in [0.2, 0.25) is 0 Å². The summed E-state index contributed by atoms with van der Waals surface area (Å²) in [6.07, 6.45) is 4.53. The molecule has 0 saturated carbocycles. The Bertz CT molecular complexity index is 708. The molecule has 7 heteroatoms. The molecular weight excluding hydrogens is 272 g/mol. The molecule has 2 N–H and O–H groups in total. The molecule has 0 bridgehead atoms. The lowest BCUT2D eigenvalue weighted by Crippen LogP contribution is -2.46. The van der Waals surface area contributed by atoms with E-state index >= 15 is 0 Å². The lowest BCUT2D eigenvalue weighted by molar-refractivity contribution is 0.0447. The molecule has 3 rings (SSSR count). The average Bonchev–Trinajstić information content (AvgIpc) is 2.78. The second-order valence-electron chi connectivity index (χ2n) is 5.85. The highest BCUT2D eigenvalue weighted by molar-refractivity contribution is 6.03. The minimum absolute atomic E-state index is 0.146. The van der Waals surface area contributed by atoms with E-state index in [-0.39, 0.29) is 5.56 Å². The van der Waals surface area contributed by atoms with Crippen LogP contribution in [0, 0.1) is 0 Å². The summed E-state index contributed by atoms with van der Waals surface area (Å²) < 4.78 is 1.62. The van der Waals surface area contributed by atoms with Crippen LogP contribution in [0.5, 0.6) is 0 Å². The molecule has 1 aliphatic heterocycles. The minimum atomic E-state index is -1.02. The van der Waals surface area contributed by atoms with E-state index in [0.29, 0.717) is 36.2 Å². The second-order valence-corrected chi connectivity index (χ2v) is 5.85. The molecule has 112 valence electrons. The molecule has 0 amide bonds. The van der Waals surface area contributed by atoms with Crippen LogP contribution in [0.15, 0.2) is 12.4 Å². The third kappa shape index (κ3) is 2.33. The molecule has 2 aromatic rings. The number of pyridine rings is 1. The topological polar surface area (TPSA) is 91.5 Å². The monoisotopic (exact) mass is 290 g/mol. The van der Waals surface area contributed by atoms with Crippen molar-refractivity contribution >= 4 is 22.7 Å². The van der Waals surface area contributed by atoms with Crippen molar-refractivity contribution in [3.8, 4) is 0 Å². The number of nitrogens with zero attached hydrogens (tertiary/aromatic N) is 4. The van der Waals surface area contributed by atoms with Crippen molar-refractivity contribution in [1.29, 1.82) is 0 Å². The maximum absolute atomic E-state index is 11.5. The zero-order valence-electron chi connectivity index (χ0n) is 12.1. The third-order valence-corrected chi connectivity index (χ3v) is 3.96. The molecule has 2 aromatic heterocycles. The summed E-state index contributed by atoms with van der Waals surface area (Å²) in [4.78, 5) is 17.6. The fraction of sp³-hybridized carbons (Fsp3) is 0.500. The summed E-state index contributed by atoms with van der Waals surface area (Å²) in [6, 6.07) is 0. The van der Waals surface area contributed by atoms with Gasteiger partial charge in [0.05, 0.1) is 22.9 Å². The van der Waals surface area contributed by atoms with E-state index in [2.05, 4.69) is 10.1 Å². The number of aromatic carboxylic acids is 1.